The molecule has 0 aliphatic heterocycles. The minimum absolute atomic E-state index is 0.474. The van der Waals surface area contributed by atoms with Crippen LogP contribution in [0.4, 0.5) is 0 Å². The van der Waals surface area contributed by atoms with Gasteiger partial charge >= 0.3 is 0 Å². The van der Waals surface area contributed by atoms with Crippen LogP contribution in [0.1, 0.15) is 37.0 Å². The Hall–Kier alpha value is -1.24. The molecule has 2 aromatic rings. The van der Waals surface area contributed by atoms with E-state index < -0.39 is 6.29 Å². The zero-order valence-corrected chi connectivity index (χ0v) is 14.3. The predicted octanol–water partition coefficient (Wildman–Crippen LogP) is 3.72. The molecule has 5 nitrogen and oxygen atoms in total. The average Bonchev–Trinajstić information content (AvgIpc) is 2.86. The van der Waals surface area contributed by atoms with Crippen molar-refractivity contribution in [2.24, 2.45) is 0 Å². The molecule has 1 aromatic heterocycles. The van der Waals surface area contributed by atoms with Crippen LogP contribution >= 0.6 is 15.9 Å². The first kappa shape index (κ1) is 16.1. The van der Waals surface area contributed by atoms with Crippen molar-refractivity contribution in [3.63, 3.8) is 0 Å². The maximum Gasteiger partial charge on any atom is 0.204 e. The zero-order chi connectivity index (χ0) is 15.4. The number of ether oxygens (including phenoxy) is 2. The van der Waals surface area contributed by atoms with Crippen molar-refractivity contribution in [1.29, 1.82) is 0 Å². The van der Waals surface area contributed by atoms with Crippen LogP contribution in [0, 0.1) is 13.8 Å². The van der Waals surface area contributed by atoms with E-state index in [0.717, 1.165) is 15.7 Å². The molecule has 114 valence electrons. The van der Waals surface area contributed by atoms with Crippen molar-refractivity contribution in [3.05, 3.63) is 39.6 Å². The Bertz CT molecular complexity index is 584. The lowest BCUT2D eigenvalue weighted by Crippen LogP contribution is -2.09. The minimum Gasteiger partial charge on any atom is -0.347 e. The van der Waals surface area contributed by atoms with Crippen molar-refractivity contribution in [3.8, 4) is 5.69 Å². The average molecular weight is 354 g/mol. The Kier molecular flexibility index (Phi) is 5.50. The van der Waals surface area contributed by atoms with Crippen LogP contribution in [0.2, 0.25) is 0 Å². The molecule has 0 saturated carbocycles. The number of aryl methyl sites for hydroxylation is 2. The molecule has 0 fully saturated rings. The Balaban J connectivity index is 2.35. The van der Waals surface area contributed by atoms with Gasteiger partial charge in [-0.05, 0) is 60.8 Å². The van der Waals surface area contributed by atoms with Crippen LogP contribution in [0.25, 0.3) is 5.69 Å². The van der Waals surface area contributed by atoms with Gasteiger partial charge in [-0.25, -0.2) is 4.68 Å². The van der Waals surface area contributed by atoms with Gasteiger partial charge in [0.05, 0.1) is 11.9 Å². The third kappa shape index (κ3) is 3.70. The quantitative estimate of drug-likeness (QED) is 0.742. The van der Waals surface area contributed by atoms with E-state index in [0.29, 0.717) is 18.9 Å². The van der Waals surface area contributed by atoms with E-state index in [9.17, 15) is 0 Å². The maximum absolute atomic E-state index is 5.55. The molecule has 1 aromatic carbocycles. The molecule has 0 spiro atoms. The molecule has 2 rings (SSSR count). The fraction of sp³-hybridized carbons (Fsp3) is 0.467. The Morgan fingerprint density at radius 3 is 2.43 bits per heavy atom. The predicted molar refractivity (Wildman–Crippen MR) is 84.5 cm³/mol. The summed E-state index contributed by atoms with van der Waals surface area (Å²) >= 11 is 3.59. The molecule has 0 aliphatic rings. The van der Waals surface area contributed by atoms with Gasteiger partial charge in [-0.1, -0.05) is 11.3 Å². The van der Waals surface area contributed by atoms with Gasteiger partial charge in [0.2, 0.25) is 6.29 Å². The smallest absolute Gasteiger partial charge is 0.204 e. The molecule has 0 unspecified atom stereocenters. The van der Waals surface area contributed by atoms with Gasteiger partial charge in [-0.15, -0.1) is 5.10 Å². The number of benzene rings is 1. The lowest BCUT2D eigenvalue weighted by atomic mass is 10.1. The zero-order valence-electron chi connectivity index (χ0n) is 12.8. The second kappa shape index (κ2) is 7.15. The summed E-state index contributed by atoms with van der Waals surface area (Å²) in [6.45, 7) is 9.09. The number of rotatable bonds is 6. The molecule has 0 N–H and O–H groups in total. The summed E-state index contributed by atoms with van der Waals surface area (Å²) in [6.07, 6.45) is 1.37. The Labute approximate surface area is 133 Å². The minimum atomic E-state index is -0.474. The van der Waals surface area contributed by atoms with E-state index in [-0.39, 0.29) is 0 Å². The lowest BCUT2D eigenvalue weighted by molar-refractivity contribution is -0.142. The normalized spacial score (nSPS) is 11.3. The largest absolute Gasteiger partial charge is 0.347 e. The molecule has 21 heavy (non-hydrogen) atoms. The summed E-state index contributed by atoms with van der Waals surface area (Å²) in [6, 6.07) is 4.18. The molecule has 0 saturated heterocycles. The van der Waals surface area contributed by atoms with Gasteiger partial charge in [0.1, 0.15) is 5.69 Å². The molecule has 0 aliphatic carbocycles. The van der Waals surface area contributed by atoms with Crippen LogP contribution in [0.15, 0.2) is 22.8 Å². The summed E-state index contributed by atoms with van der Waals surface area (Å²) in [5.74, 6) is 0. The molecule has 6 heteroatoms. The molecule has 0 radical (unpaired) electrons. The number of aromatic nitrogens is 3. The lowest BCUT2D eigenvalue weighted by Gasteiger charge is -2.13. The molecule has 0 atom stereocenters. The SMILES string of the molecule is CCOC(OCC)c1cn(-c2c(C)cc(C)cc2Br)nn1. The van der Waals surface area contributed by atoms with E-state index in [2.05, 4.69) is 52.2 Å². The highest BCUT2D eigenvalue weighted by Gasteiger charge is 2.17. The number of hydrogen-bond acceptors (Lipinski definition) is 4. The Morgan fingerprint density at radius 1 is 1.19 bits per heavy atom. The van der Waals surface area contributed by atoms with E-state index in [1.165, 1.54) is 5.56 Å². The first-order valence-corrected chi connectivity index (χ1v) is 7.78. The highest BCUT2D eigenvalue weighted by atomic mass is 79.9. The summed E-state index contributed by atoms with van der Waals surface area (Å²) in [4.78, 5) is 0. The van der Waals surface area contributed by atoms with Gasteiger partial charge in [0.15, 0.2) is 0 Å². The van der Waals surface area contributed by atoms with Crippen LogP contribution < -0.4 is 0 Å². The molecule has 1 heterocycles. The van der Waals surface area contributed by atoms with Crippen LogP contribution in [-0.4, -0.2) is 28.2 Å². The number of nitrogens with zero attached hydrogens (tertiary/aromatic N) is 3. The van der Waals surface area contributed by atoms with E-state index in [4.69, 9.17) is 9.47 Å². The van der Waals surface area contributed by atoms with Gasteiger partial charge in [-0.2, -0.15) is 0 Å². The topological polar surface area (TPSA) is 49.2 Å². The van der Waals surface area contributed by atoms with Crippen molar-refractivity contribution in [2.45, 2.75) is 34.0 Å². The first-order chi connectivity index (χ1) is 10.1. The molecular weight excluding hydrogens is 334 g/mol. The molecule has 0 bridgehead atoms. The maximum atomic E-state index is 5.55. The number of hydrogen-bond donors (Lipinski definition) is 0. The molecule has 0 amide bonds. The van der Waals surface area contributed by atoms with Crippen molar-refractivity contribution < 1.29 is 9.47 Å². The van der Waals surface area contributed by atoms with E-state index in [1.54, 1.807) is 4.68 Å². The molecular formula is C15H20BrN3O2. The fourth-order valence-electron chi connectivity index (χ4n) is 2.21. The van der Waals surface area contributed by atoms with Crippen molar-refractivity contribution in [1.82, 2.24) is 15.0 Å². The summed E-state index contributed by atoms with van der Waals surface area (Å²) in [5, 5.41) is 8.38. The standard InChI is InChI=1S/C15H20BrN3O2/c1-5-20-15(21-6-2)13-9-19(18-17-13)14-11(4)7-10(3)8-12(14)16/h7-9,15H,5-6H2,1-4H3. The van der Waals surface area contributed by atoms with Crippen molar-refractivity contribution in [2.75, 3.05) is 13.2 Å². The van der Waals surface area contributed by atoms with E-state index in [1.807, 2.05) is 20.0 Å². The van der Waals surface area contributed by atoms with Crippen LogP contribution in [0.3, 0.4) is 0 Å². The Morgan fingerprint density at radius 2 is 1.86 bits per heavy atom. The van der Waals surface area contributed by atoms with Gasteiger partial charge in [0.25, 0.3) is 0 Å². The van der Waals surface area contributed by atoms with E-state index >= 15 is 0 Å². The summed E-state index contributed by atoms with van der Waals surface area (Å²) in [5.41, 5.74) is 3.98. The highest BCUT2D eigenvalue weighted by Crippen LogP contribution is 2.27. The van der Waals surface area contributed by atoms with Crippen LogP contribution in [0.5, 0.6) is 0 Å². The third-order valence-corrected chi connectivity index (χ3v) is 3.62. The second-order valence-electron chi connectivity index (χ2n) is 4.74. The van der Waals surface area contributed by atoms with Gasteiger partial charge < -0.3 is 9.47 Å². The number of halogens is 1. The van der Waals surface area contributed by atoms with Gasteiger partial charge in [-0.3, -0.25) is 0 Å². The highest BCUT2D eigenvalue weighted by molar-refractivity contribution is 9.10. The first-order valence-electron chi connectivity index (χ1n) is 6.99. The monoisotopic (exact) mass is 353 g/mol. The van der Waals surface area contributed by atoms with Crippen LogP contribution in [-0.2, 0) is 9.47 Å². The second-order valence-corrected chi connectivity index (χ2v) is 5.60. The fourth-order valence-corrected chi connectivity index (χ4v) is 3.07. The summed E-state index contributed by atoms with van der Waals surface area (Å²) in [7, 11) is 0. The van der Waals surface area contributed by atoms with Gasteiger partial charge in [0, 0.05) is 17.7 Å². The third-order valence-electron chi connectivity index (χ3n) is 3.02. The summed E-state index contributed by atoms with van der Waals surface area (Å²) < 4.78 is 13.8. The van der Waals surface area contributed by atoms with Crippen molar-refractivity contribution >= 4 is 15.9 Å².